The first kappa shape index (κ1) is 15.6. The maximum absolute atomic E-state index is 12.2. The molecule has 6 nitrogen and oxygen atoms in total. The third-order valence-electron chi connectivity index (χ3n) is 5.41. The van der Waals surface area contributed by atoms with Crippen LogP contribution in [0.3, 0.4) is 0 Å². The summed E-state index contributed by atoms with van der Waals surface area (Å²) >= 11 is 0. The third-order valence-corrected chi connectivity index (χ3v) is 5.41. The van der Waals surface area contributed by atoms with Gasteiger partial charge < -0.3 is 4.52 Å². The summed E-state index contributed by atoms with van der Waals surface area (Å²) in [6.45, 7) is 5.72. The molecule has 2 aromatic heterocycles. The van der Waals surface area contributed by atoms with Crippen LogP contribution < -0.4 is 5.56 Å². The zero-order valence-corrected chi connectivity index (χ0v) is 14.2. The van der Waals surface area contributed by atoms with Gasteiger partial charge in [0.1, 0.15) is 5.76 Å². The zero-order chi connectivity index (χ0) is 16.5. The molecule has 0 aromatic carbocycles. The minimum Gasteiger partial charge on any atom is -0.361 e. The predicted molar refractivity (Wildman–Crippen MR) is 89.8 cm³/mol. The molecule has 0 spiro atoms. The van der Waals surface area contributed by atoms with E-state index in [2.05, 4.69) is 15.2 Å². The minimum atomic E-state index is 0.0678. The Morgan fingerprint density at radius 3 is 2.88 bits per heavy atom. The van der Waals surface area contributed by atoms with Gasteiger partial charge in [-0.25, -0.2) is 4.68 Å². The molecule has 0 unspecified atom stereocenters. The summed E-state index contributed by atoms with van der Waals surface area (Å²) in [6.07, 6.45) is 7.19. The lowest BCUT2D eigenvalue weighted by atomic mass is 9.96. The normalized spacial score (nSPS) is 18.9. The minimum absolute atomic E-state index is 0.0678. The van der Waals surface area contributed by atoms with Crippen molar-refractivity contribution in [3.63, 3.8) is 0 Å². The Hall–Kier alpha value is -1.95. The maximum Gasteiger partial charge on any atom is 0.267 e. The highest BCUT2D eigenvalue weighted by Crippen LogP contribution is 2.22. The summed E-state index contributed by atoms with van der Waals surface area (Å²) in [5.74, 6) is 1.44. The molecule has 2 aromatic rings. The van der Waals surface area contributed by atoms with E-state index in [1.165, 1.54) is 5.56 Å². The van der Waals surface area contributed by atoms with Crippen molar-refractivity contribution in [2.75, 3.05) is 13.1 Å². The van der Waals surface area contributed by atoms with E-state index in [4.69, 9.17) is 4.52 Å². The Morgan fingerprint density at radius 1 is 1.29 bits per heavy atom. The molecule has 0 bridgehead atoms. The standard InChI is InChI=1S/C18H24N4O2/c1-13-16(10-19-24-13)12-21-7-5-14(6-8-21)11-22-18(23)9-15-3-2-4-17(15)20-22/h9-10,14H,2-8,11-12H2,1H3. The Morgan fingerprint density at radius 2 is 2.12 bits per heavy atom. The Balaban J connectivity index is 1.35. The number of rotatable bonds is 4. The summed E-state index contributed by atoms with van der Waals surface area (Å²) in [4.78, 5) is 14.7. The van der Waals surface area contributed by atoms with Crippen molar-refractivity contribution < 1.29 is 4.52 Å². The number of nitrogens with zero attached hydrogens (tertiary/aromatic N) is 4. The fourth-order valence-corrected chi connectivity index (χ4v) is 3.85. The second-order valence-corrected chi connectivity index (χ2v) is 7.12. The molecule has 1 aliphatic heterocycles. The SMILES string of the molecule is Cc1oncc1CN1CCC(Cn2nc3c(cc2=O)CCC3)CC1. The molecule has 6 heteroatoms. The van der Waals surface area contributed by atoms with Crippen LogP contribution >= 0.6 is 0 Å². The number of likely N-dealkylation sites (tertiary alicyclic amines) is 1. The van der Waals surface area contributed by atoms with Crippen LogP contribution in [0, 0.1) is 12.8 Å². The predicted octanol–water partition coefficient (Wildman–Crippen LogP) is 1.94. The van der Waals surface area contributed by atoms with Crippen LogP contribution in [0.2, 0.25) is 0 Å². The van der Waals surface area contributed by atoms with Crippen LogP contribution in [-0.2, 0) is 25.9 Å². The lowest BCUT2D eigenvalue weighted by molar-refractivity contribution is 0.162. The summed E-state index contributed by atoms with van der Waals surface area (Å²) < 4.78 is 6.84. The first-order valence-electron chi connectivity index (χ1n) is 8.91. The van der Waals surface area contributed by atoms with E-state index in [9.17, 15) is 4.79 Å². The van der Waals surface area contributed by atoms with E-state index in [1.54, 1.807) is 10.7 Å². The highest BCUT2D eigenvalue weighted by Gasteiger charge is 2.22. The molecule has 0 atom stereocenters. The van der Waals surface area contributed by atoms with Gasteiger partial charge in [-0.15, -0.1) is 0 Å². The number of fused-ring (bicyclic) bond motifs is 1. The average molecular weight is 328 g/mol. The Labute approximate surface area is 141 Å². The topological polar surface area (TPSA) is 64.2 Å². The van der Waals surface area contributed by atoms with Gasteiger partial charge in [0.15, 0.2) is 0 Å². The number of piperidine rings is 1. The summed E-state index contributed by atoms with van der Waals surface area (Å²) in [7, 11) is 0. The molecule has 4 rings (SSSR count). The fourth-order valence-electron chi connectivity index (χ4n) is 3.85. The van der Waals surface area contributed by atoms with Gasteiger partial charge >= 0.3 is 0 Å². The molecule has 0 saturated carbocycles. The number of aryl methyl sites for hydroxylation is 3. The number of hydrogen-bond acceptors (Lipinski definition) is 5. The van der Waals surface area contributed by atoms with Crippen LogP contribution in [0.15, 0.2) is 21.6 Å². The smallest absolute Gasteiger partial charge is 0.267 e. The summed E-state index contributed by atoms with van der Waals surface area (Å²) in [5.41, 5.74) is 3.54. The van der Waals surface area contributed by atoms with Crippen LogP contribution in [0.1, 0.15) is 41.8 Å². The quantitative estimate of drug-likeness (QED) is 0.858. The van der Waals surface area contributed by atoms with Crippen molar-refractivity contribution in [3.8, 4) is 0 Å². The second kappa shape index (κ2) is 6.51. The van der Waals surface area contributed by atoms with Gasteiger partial charge in [0, 0.05) is 24.7 Å². The molecule has 1 aliphatic carbocycles. The van der Waals surface area contributed by atoms with E-state index in [-0.39, 0.29) is 5.56 Å². The first-order valence-corrected chi connectivity index (χ1v) is 8.91. The van der Waals surface area contributed by atoms with Gasteiger partial charge in [-0.2, -0.15) is 5.10 Å². The summed E-state index contributed by atoms with van der Waals surface area (Å²) in [6, 6.07) is 1.80. The fraction of sp³-hybridized carbons (Fsp3) is 0.611. The highest BCUT2D eigenvalue weighted by atomic mass is 16.5. The number of hydrogen-bond donors (Lipinski definition) is 0. The molecule has 0 amide bonds. The van der Waals surface area contributed by atoms with Gasteiger partial charge in [-0.05, 0) is 63.6 Å². The average Bonchev–Trinajstić information content (AvgIpc) is 3.18. The van der Waals surface area contributed by atoms with Gasteiger partial charge in [-0.1, -0.05) is 5.16 Å². The molecule has 1 fully saturated rings. The molecule has 2 aliphatic rings. The molecule has 0 radical (unpaired) electrons. The molecule has 128 valence electrons. The summed E-state index contributed by atoms with van der Waals surface area (Å²) in [5, 5.41) is 8.46. The van der Waals surface area contributed by atoms with E-state index < -0.39 is 0 Å². The highest BCUT2D eigenvalue weighted by molar-refractivity contribution is 5.22. The molecule has 3 heterocycles. The zero-order valence-electron chi connectivity index (χ0n) is 14.2. The van der Waals surface area contributed by atoms with Crippen molar-refractivity contribution in [2.24, 2.45) is 5.92 Å². The van der Waals surface area contributed by atoms with Crippen LogP contribution in [0.25, 0.3) is 0 Å². The Kier molecular flexibility index (Phi) is 4.22. The second-order valence-electron chi connectivity index (χ2n) is 7.12. The van der Waals surface area contributed by atoms with E-state index >= 15 is 0 Å². The van der Waals surface area contributed by atoms with Crippen molar-refractivity contribution in [3.05, 3.63) is 45.2 Å². The molecule has 24 heavy (non-hydrogen) atoms. The maximum atomic E-state index is 12.2. The van der Waals surface area contributed by atoms with Crippen LogP contribution in [-0.4, -0.2) is 32.9 Å². The molecule has 0 N–H and O–H groups in total. The van der Waals surface area contributed by atoms with E-state index in [0.29, 0.717) is 5.92 Å². The van der Waals surface area contributed by atoms with Crippen LogP contribution in [0.4, 0.5) is 0 Å². The van der Waals surface area contributed by atoms with Gasteiger partial charge in [0.05, 0.1) is 11.9 Å². The van der Waals surface area contributed by atoms with E-state index in [0.717, 1.165) is 75.3 Å². The molecular formula is C18H24N4O2. The molecular weight excluding hydrogens is 304 g/mol. The first-order chi connectivity index (χ1) is 11.7. The van der Waals surface area contributed by atoms with Crippen molar-refractivity contribution >= 4 is 0 Å². The van der Waals surface area contributed by atoms with Crippen LogP contribution in [0.5, 0.6) is 0 Å². The Bertz CT molecular complexity index is 772. The third kappa shape index (κ3) is 3.15. The van der Waals surface area contributed by atoms with Gasteiger partial charge in [0.25, 0.3) is 5.56 Å². The lowest BCUT2D eigenvalue weighted by Crippen LogP contribution is -2.36. The van der Waals surface area contributed by atoms with Crippen molar-refractivity contribution in [2.45, 2.75) is 52.1 Å². The monoisotopic (exact) mass is 328 g/mol. The van der Waals surface area contributed by atoms with Gasteiger partial charge in [0.2, 0.25) is 0 Å². The molecule has 1 saturated heterocycles. The largest absolute Gasteiger partial charge is 0.361 e. The van der Waals surface area contributed by atoms with Gasteiger partial charge in [-0.3, -0.25) is 9.69 Å². The van der Waals surface area contributed by atoms with Crippen molar-refractivity contribution in [1.29, 1.82) is 0 Å². The lowest BCUT2D eigenvalue weighted by Gasteiger charge is -2.31. The van der Waals surface area contributed by atoms with Crippen molar-refractivity contribution in [1.82, 2.24) is 19.8 Å². The number of aromatic nitrogens is 3. The van der Waals surface area contributed by atoms with E-state index in [1.807, 2.05) is 13.1 Å².